The molecule has 2 N–H and O–H groups in total. The number of nitrogens with zero attached hydrogens (tertiary/aromatic N) is 2. The molecule has 1 unspecified atom stereocenters. The van der Waals surface area contributed by atoms with Crippen molar-refractivity contribution in [3.8, 4) is 0 Å². The van der Waals surface area contributed by atoms with E-state index in [2.05, 4.69) is 5.10 Å². The molecule has 0 amide bonds. The fraction of sp³-hybridized carbons (Fsp3) is 0.273. The molecule has 0 fully saturated rings. The predicted octanol–water partition coefficient (Wildman–Crippen LogP) is 0.712. The zero-order chi connectivity index (χ0) is 11.8. The molecule has 2 aromatic heterocycles. The van der Waals surface area contributed by atoms with Crippen molar-refractivity contribution < 1.29 is 15.0 Å². The molecule has 5 heteroatoms. The molecule has 84 valence electrons. The Kier molecular flexibility index (Phi) is 2.40. The minimum atomic E-state index is -1.76. The maximum Gasteiger partial charge on any atom is 0.335 e. The summed E-state index contributed by atoms with van der Waals surface area (Å²) in [6.07, 6.45) is 3.39. The topological polar surface area (TPSA) is 74.8 Å². The van der Waals surface area contributed by atoms with Crippen LogP contribution in [0.1, 0.15) is 12.5 Å². The fourth-order valence-corrected chi connectivity index (χ4v) is 1.57. The average Bonchev–Trinajstić information content (AvgIpc) is 2.61. The number of carbonyl (C=O) groups is 1. The van der Waals surface area contributed by atoms with E-state index in [0.29, 0.717) is 5.56 Å². The number of rotatable bonds is 3. The summed E-state index contributed by atoms with van der Waals surface area (Å²) in [4.78, 5) is 10.8. The van der Waals surface area contributed by atoms with Gasteiger partial charge in [0.2, 0.25) is 0 Å². The van der Waals surface area contributed by atoms with Crippen LogP contribution in [0.4, 0.5) is 0 Å². The average molecular weight is 220 g/mol. The number of fused-ring (bicyclic) bond motifs is 1. The number of carboxylic acid groups (broad SMARTS) is 1. The highest BCUT2D eigenvalue weighted by Crippen LogP contribution is 2.17. The molecule has 0 saturated heterocycles. The van der Waals surface area contributed by atoms with Gasteiger partial charge >= 0.3 is 5.97 Å². The van der Waals surface area contributed by atoms with Crippen molar-refractivity contribution in [3.05, 3.63) is 36.2 Å². The molecule has 2 aromatic rings. The molecular formula is C11H12N2O3. The summed E-state index contributed by atoms with van der Waals surface area (Å²) >= 11 is 0. The third-order valence-corrected chi connectivity index (χ3v) is 2.50. The second kappa shape index (κ2) is 3.61. The largest absolute Gasteiger partial charge is 0.479 e. The first-order valence-electron chi connectivity index (χ1n) is 4.88. The Morgan fingerprint density at radius 3 is 3.00 bits per heavy atom. The first-order valence-corrected chi connectivity index (χ1v) is 4.88. The zero-order valence-electron chi connectivity index (χ0n) is 8.79. The van der Waals surface area contributed by atoms with Crippen molar-refractivity contribution in [2.24, 2.45) is 0 Å². The lowest BCUT2D eigenvalue weighted by atomic mass is 9.98. The van der Waals surface area contributed by atoms with Gasteiger partial charge in [0.05, 0.1) is 11.7 Å². The molecule has 2 heterocycles. The van der Waals surface area contributed by atoms with Crippen molar-refractivity contribution in [3.63, 3.8) is 0 Å². The van der Waals surface area contributed by atoms with Gasteiger partial charge in [-0.2, -0.15) is 5.10 Å². The van der Waals surface area contributed by atoms with E-state index in [1.165, 1.54) is 6.92 Å². The van der Waals surface area contributed by atoms with E-state index in [1.807, 2.05) is 18.2 Å². The van der Waals surface area contributed by atoms with Gasteiger partial charge in [0.15, 0.2) is 5.60 Å². The molecule has 0 aliphatic rings. The predicted molar refractivity (Wildman–Crippen MR) is 57.2 cm³/mol. The van der Waals surface area contributed by atoms with Crippen molar-refractivity contribution in [1.82, 2.24) is 9.61 Å². The first kappa shape index (κ1) is 10.6. The summed E-state index contributed by atoms with van der Waals surface area (Å²) in [6, 6.07) is 5.51. The molecule has 16 heavy (non-hydrogen) atoms. The van der Waals surface area contributed by atoms with E-state index >= 15 is 0 Å². The van der Waals surface area contributed by atoms with Gasteiger partial charge in [0, 0.05) is 18.2 Å². The lowest BCUT2D eigenvalue weighted by molar-refractivity contribution is -0.156. The highest BCUT2D eigenvalue weighted by atomic mass is 16.4. The third-order valence-electron chi connectivity index (χ3n) is 2.50. The Balaban J connectivity index is 2.38. The van der Waals surface area contributed by atoms with Crippen LogP contribution in [-0.4, -0.2) is 31.4 Å². The Morgan fingerprint density at radius 1 is 1.56 bits per heavy atom. The van der Waals surface area contributed by atoms with Gasteiger partial charge in [0.25, 0.3) is 0 Å². The summed E-state index contributed by atoms with van der Waals surface area (Å²) < 4.78 is 1.65. The van der Waals surface area contributed by atoms with Crippen LogP contribution in [0.2, 0.25) is 0 Å². The summed E-state index contributed by atoms with van der Waals surface area (Å²) in [5.41, 5.74) is -0.239. The van der Waals surface area contributed by atoms with Crippen LogP contribution in [0.3, 0.4) is 0 Å². The van der Waals surface area contributed by atoms with Crippen LogP contribution < -0.4 is 0 Å². The van der Waals surface area contributed by atoms with Gasteiger partial charge in [-0.3, -0.25) is 0 Å². The monoisotopic (exact) mass is 220 g/mol. The second-order valence-corrected chi connectivity index (χ2v) is 3.96. The van der Waals surface area contributed by atoms with Gasteiger partial charge in [0.1, 0.15) is 0 Å². The van der Waals surface area contributed by atoms with Crippen LogP contribution in [-0.2, 0) is 11.2 Å². The molecule has 0 aliphatic heterocycles. The number of hydrogen-bond acceptors (Lipinski definition) is 3. The van der Waals surface area contributed by atoms with Crippen molar-refractivity contribution >= 4 is 11.5 Å². The Hall–Kier alpha value is -1.88. The fourth-order valence-electron chi connectivity index (χ4n) is 1.57. The first-order chi connectivity index (χ1) is 7.50. The normalized spacial score (nSPS) is 14.9. The lowest BCUT2D eigenvalue weighted by Crippen LogP contribution is -2.37. The molecule has 1 atom stereocenters. The molecule has 0 aromatic carbocycles. The van der Waals surface area contributed by atoms with Gasteiger partial charge < -0.3 is 10.2 Å². The van der Waals surface area contributed by atoms with Gasteiger partial charge in [-0.1, -0.05) is 6.07 Å². The van der Waals surface area contributed by atoms with Gasteiger partial charge in [-0.15, -0.1) is 0 Å². The van der Waals surface area contributed by atoms with Crippen molar-refractivity contribution in [2.45, 2.75) is 18.9 Å². The summed E-state index contributed by atoms with van der Waals surface area (Å²) in [7, 11) is 0. The number of carboxylic acids is 1. The highest BCUT2D eigenvalue weighted by Gasteiger charge is 2.31. The van der Waals surface area contributed by atoms with E-state index in [-0.39, 0.29) is 6.42 Å². The second-order valence-electron chi connectivity index (χ2n) is 3.96. The van der Waals surface area contributed by atoms with E-state index in [4.69, 9.17) is 5.11 Å². The number of pyridine rings is 1. The van der Waals surface area contributed by atoms with E-state index < -0.39 is 11.6 Å². The molecule has 0 spiro atoms. The standard InChI is InChI=1S/C11H12N2O3/c1-11(16,10(14)15)6-8-7-12-13-5-3-2-4-9(8)13/h2-5,7,16H,6H2,1H3,(H,14,15). The van der Waals surface area contributed by atoms with Crippen molar-refractivity contribution in [2.75, 3.05) is 0 Å². The number of aromatic nitrogens is 2. The number of aliphatic hydroxyl groups is 1. The van der Waals surface area contributed by atoms with Crippen molar-refractivity contribution in [1.29, 1.82) is 0 Å². The molecular weight excluding hydrogens is 208 g/mol. The molecule has 2 rings (SSSR count). The Morgan fingerprint density at radius 2 is 2.31 bits per heavy atom. The summed E-state index contributed by atoms with van der Waals surface area (Å²) in [5, 5.41) is 22.6. The summed E-state index contributed by atoms with van der Waals surface area (Å²) in [6.45, 7) is 1.28. The number of aliphatic carboxylic acids is 1. The maximum atomic E-state index is 10.8. The smallest absolute Gasteiger partial charge is 0.335 e. The van der Waals surface area contributed by atoms with Crippen LogP contribution in [0.25, 0.3) is 5.52 Å². The van der Waals surface area contributed by atoms with Gasteiger partial charge in [-0.25, -0.2) is 9.31 Å². The Labute approximate surface area is 91.9 Å². The molecule has 0 bridgehead atoms. The zero-order valence-corrected chi connectivity index (χ0v) is 8.79. The van der Waals surface area contributed by atoms with Crippen LogP contribution in [0.5, 0.6) is 0 Å². The quantitative estimate of drug-likeness (QED) is 0.799. The highest BCUT2D eigenvalue weighted by molar-refractivity contribution is 5.77. The Bertz CT molecular complexity index is 531. The third kappa shape index (κ3) is 1.77. The maximum absolute atomic E-state index is 10.8. The van der Waals surface area contributed by atoms with E-state index in [9.17, 15) is 9.90 Å². The van der Waals surface area contributed by atoms with Crippen LogP contribution >= 0.6 is 0 Å². The SMILES string of the molecule is CC(O)(Cc1cnn2ccccc12)C(=O)O. The minimum Gasteiger partial charge on any atom is -0.479 e. The van der Waals surface area contributed by atoms with E-state index in [0.717, 1.165) is 5.52 Å². The van der Waals surface area contributed by atoms with Crippen LogP contribution in [0, 0.1) is 0 Å². The lowest BCUT2D eigenvalue weighted by Gasteiger charge is -2.16. The van der Waals surface area contributed by atoms with Gasteiger partial charge in [-0.05, 0) is 19.1 Å². The molecule has 5 nitrogen and oxygen atoms in total. The molecule has 0 saturated carbocycles. The minimum absolute atomic E-state index is 0.0375. The van der Waals surface area contributed by atoms with Crippen LogP contribution in [0.15, 0.2) is 30.6 Å². The number of hydrogen-bond donors (Lipinski definition) is 2. The molecule has 0 aliphatic carbocycles. The summed E-state index contributed by atoms with van der Waals surface area (Å²) in [5.74, 6) is -1.23. The van der Waals surface area contributed by atoms with E-state index in [1.54, 1.807) is 16.9 Å². The molecule has 0 radical (unpaired) electrons.